The van der Waals surface area contributed by atoms with E-state index in [1.807, 2.05) is 0 Å². The third-order valence-electron chi connectivity index (χ3n) is 2.86. The van der Waals surface area contributed by atoms with Crippen molar-refractivity contribution in [2.75, 3.05) is 0 Å². The molecule has 0 aromatic rings. The van der Waals surface area contributed by atoms with E-state index in [9.17, 15) is 0 Å². The van der Waals surface area contributed by atoms with Crippen LogP contribution in [0.25, 0.3) is 0 Å². The van der Waals surface area contributed by atoms with E-state index in [-0.39, 0.29) is 6.04 Å². The molecule has 2 heteroatoms. The molecule has 82 valence electrons. The fourth-order valence-corrected chi connectivity index (χ4v) is 1.75. The Labute approximate surface area is 88.5 Å². The molecule has 2 N–H and O–H groups in total. The molecule has 0 bridgehead atoms. The van der Waals surface area contributed by atoms with Gasteiger partial charge in [0.1, 0.15) is 0 Å². The third kappa shape index (κ3) is 5.99. The SMILES string of the molecule is CCCCCCCC(CC)C(N)C#N. The Morgan fingerprint density at radius 3 is 2.29 bits per heavy atom. The minimum absolute atomic E-state index is 0.258. The van der Waals surface area contributed by atoms with Crippen molar-refractivity contribution in [1.82, 2.24) is 0 Å². The molecule has 0 aromatic heterocycles. The summed E-state index contributed by atoms with van der Waals surface area (Å²) >= 11 is 0. The summed E-state index contributed by atoms with van der Waals surface area (Å²) in [4.78, 5) is 0. The lowest BCUT2D eigenvalue weighted by molar-refractivity contribution is 0.408. The Morgan fingerprint density at radius 2 is 1.79 bits per heavy atom. The van der Waals surface area contributed by atoms with Gasteiger partial charge >= 0.3 is 0 Å². The van der Waals surface area contributed by atoms with Gasteiger partial charge in [0.25, 0.3) is 0 Å². The van der Waals surface area contributed by atoms with Crippen LogP contribution in [0.3, 0.4) is 0 Å². The van der Waals surface area contributed by atoms with Gasteiger partial charge in [-0.1, -0.05) is 52.4 Å². The van der Waals surface area contributed by atoms with Crippen LogP contribution in [0.5, 0.6) is 0 Å². The molecule has 2 unspecified atom stereocenters. The zero-order chi connectivity index (χ0) is 10.8. The monoisotopic (exact) mass is 196 g/mol. The predicted octanol–water partition coefficient (Wildman–Crippen LogP) is 3.22. The first kappa shape index (κ1) is 13.4. The summed E-state index contributed by atoms with van der Waals surface area (Å²) in [5.74, 6) is 0.404. The zero-order valence-electron chi connectivity index (χ0n) is 9.63. The van der Waals surface area contributed by atoms with Gasteiger partial charge in [-0.2, -0.15) is 5.26 Å². The number of hydrogen-bond acceptors (Lipinski definition) is 2. The Bertz CT molecular complexity index is 160. The summed E-state index contributed by atoms with van der Waals surface area (Å²) in [7, 11) is 0. The Hall–Kier alpha value is -0.550. The number of nitrogens with zero attached hydrogens (tertiary/aromatic N) is 1. The Morgan fingerprint density at radius 1 is 1.14 bits per heavy atom. The summed E-state index contributed by atoms with van der Waals surface area (Å²) in [5, 5.41) is 8.70. The van der Waals surface area contributed by atoms with Crippen LogP contribution >= 0.6 is 0 Å². The first-order chi connectivity index (χ1) is 6.76. The molecule has 2 nitrogen and oxygen atoms in total. The fourth-order valence-electron chi connectivity index (χ4n) is 1.75. The van der Waals surface area contributed by atoms with Crippen molar-refractivity contribution < 1.29 is 0 Å². The molecular formula is C12H24N2. The average Bonchev–Trinajstić information content (AvgIpc) is 2.22. The van der Waals surface area contributed by atoms with E-state index < -0.39 is 0 Å². The lowest BCUT2D eigenvalue weighted by atomic mass is 9.92. The van der Waals surface area contributed by atoms with Gasteiger partial charge in [0.2, 0.25) is 0 Å². The average molecular weight is 196 g/mol. The number of hydrogen-bond donors (Lipinski definition) is 1. The Balaban J connectivity index is 3.49. The molecule has 0 fully saturated rings. The fraction of sp³-hybridized carbons (Fsp3) is 0.917. The van der Waals surface area contributed by atoms with E-state index in [4.69, 9.17) is 11.0 Å². The maximum absolute atomic E-state index is 8.70. The van der Waals surface area contributed by atoms with Crippen LogP contribution in [-0.4, -0.2) is 6.04 Å². The van der Waals surface area contributed by atoms with Crippen LogP contribution in [-0.2, 0) is 0 Å². The molecule has 0 spiro atoms. The smallest absolute Gasteiger partial charge is 0.0956 e. The second kappa shape index (κ2) is 9.02. The van der Waals surface area contributed by atoms with Crippen LogP contribution in [0.2, 0.25) is 0 Å². The summed E-state index contributed by atoms with van der Waals surface area (Å²) in [6.45, 7) is 4.34. The normalized spacial score (nSPS) is 14.7. The first-order valence-corrected chi connectivity index (χ1v) is 5.91. The van der Waals surface area contributed by atoms with Crippen LogP contribution in [0.1, 0.15) is 58.8 Å². The molecular weight excluding hydrogens is 172 g/mol. The Kier molecular flexibility index (Phi) is 8.67. The van der Waals surface area contributed by atoms with Crippen molar-refractivity contribution in [2.24, 2.45) is 11.7 Å². The molecule has 2 atom stereocenters. The quantitative estimate of drug-likeness (QED) is 0.606. The van der Waals surface area contributed by atoms with E-state index in [0.29, 0.717) is 5.92 Å². The summed E-state index contributed by atoms with van der Waals surface area (Å²) in [6, 6.07) is 1.89. The summed E-state index contributed by atoms with van der Waals surface area (Å²) in [6.07, 6.45) is 8.62. The predicted molar refractivity (Wildman–Crippen MR) is 60.7 cm³/mol. The zero-order valence-corrected chi connectivity index (χ0v) is 9.63. The van der Waals surface area contributed by atoms with Crippen molar-refractivity contribution in [3.63, 3.8) is 0 Å². The van der Waals surface area contributed by atoms with Gasteiger partial charge in [-0.05, 0) is 12.3 Å². The topological polar surface area (TPSA) is 49.8 Å². The maximum Gasteiger partial charge on any atom is 0.0956 e. The number of nitriles is 1. The lowest BCUT2D eigenvalue weighted by Crippen LogP contribution is -2.27. The highest BCUT2D eigenvalue weighted by atomic mass is 14.6. The molecule has 0 saturated heterocycles. The molecule has 0 saturated carbocycles. The highest BCUT2D eigenvalue weighted by Gasteiger charge is 2.14. The molecule has 0 aliphatic carbocycles. The second-order valence-corrected chi connectivity index (χ2v) is 4.03. The molecule has 0 aliphatic heterocycles. The molecule has 0 amide bonds. The van der Waals surface area contributed by atoms with Gasteiger partial charge in [-0.25, -0.2) is 0 Å². The largest absolute Gasteiger partial charge is 0.316 e. The van der Waals surface area contributed by atoms with E-state index >= 15 is 0 Å². The second-order valence-electron chi connectivity index (χ2n) is 4.03. The highest BCUT2D eigenvalue weighted by Crippen LogP contribution is 2.16. The van der Waals surface area contributed by atoms with Gasteiger partial charge in [0.05, 0.1) is 12.1 Å². The van der Waals surface area contributed by atoms with Crippen molar-refractivity contribution >= 4 is 0 Å². The standard InChI is InChI=1S/C12H24N2/c1-3-5-6-7-8-9-11(4-2)12(14)10-13/h11-12H,3-9,14H2,1-2H3. The minimum atomic E-state index is -0.258. The van der Waals surface area contributed by atoms with Crippen molar-refractivity contribution in [3.8, 4) is 6.07 Å². The van der Waals surface area contributed by atoms with Gasteiger partial charge in [-0.3, -0.25) is 0 Å². The minimum Gasteiger partial charge on any atom is -0.316 e. The summed E-state index contributed by atoms with van der Waals surface area (Å²) < 4.78 is 0. The van der Waals surface area contributed by atoms with E-state index in [0.717, 1.165) is 12.8 Å². The van der Waals surface area contributed by atoms with Crippen LogP contribution < -0.4 is 5.73 Å². The van der Waals surface area contributed by atoms with Crippen molar-refractivity contribution in [2.45, 2.75) is 64.8 Å². The van der Waals surface area contributed by atoms with Crippen LogP contribution in [0, 0.1) is 17.2 Å². The molecule has 14 heavy (non-hydrogen) atoms. The van der Waals surface area contributed by atoms with Gasteiger partial charge in [0, 0.05) is 0 Å². The number of nitrogens with two attached hydrogens (primary N) is 1. The van der Waals surface area contributed by atoms with E-state index in [1.54, 1.807) is 0 Å². The lowest BCUT2D eigenvalue weighted by Gasteiger charge is -2.16. The number of rotatable bonds is 8. The van der Waals surface area contributed by atoms with Crippen molar-refractivity contribution in [1.29, 1.82) is 5.26 Å². The van der Waals surface area contributed by atoms with E-state index in [2.05, 4.69) is 19.9 Å². The van der Waals surface area contributed by atoms with Gasteiger partial charge in [0.15, 0.2) is 0 Å². The molecule has 0 radical (unpaired) electrons. The summed E-state index contributed by atoms with van der Waals surface area (Å²) in [5.41, 5.74) is 5.71. The van der Waals surface area contributed by atoms with E-state index in [1.165, 1.54) is 32.1 Å². The number of unbranched alkanes of at least 4 members (excludes halogenated alkanes) is 4. The molecule has 0 rings (SSSR count). The molecule has 0 aliphatic rings. The van der Waals surface area contributed by atoms with Crippen LogP contribution in [0.15, 0.2) is 0 Å². The van der Waals surface area contributed by atoms with Crippen LogP contribution in [0.4, 0.5) is 0 Å². The third-order valence-corrected chi connectivity index (χ3v) is 2.86. The highest BCUT2D eigenvalue weighted by molar-refractivity contribution is 4.91. The molecule has 0 aromatic carbocycles. The van der Waals surface area contributed by atoms with Crippen molar-refractivity contribution in [3.05, 3.63) is 0 Å². The molecule has 0 heterocycles. The van der Waals surface area contributed by atoms with Gasteiger partial charge in [-0.15, -0.1) is 0 Å². The van der Waals surface area contributed by atoms with Gasteiger partial charge < -0.3 is 5.73 Å². The first-order valence-electron chi connectivity index (χ1n) is 5.91. The maximum atomic E-state index is 8.70.